The molecule has 0 unspecified atom stereocenters. The molecule has 0 spiro atoms. The van der Waals surface area contributed by atoms with Crippen molar-refractivity contribution in [3.05, 3.63) is 22.4 Å². The van der Waals surface area contributed by atoms with Gasteiger partial charge in [-0.25, -0.2) is 0 Å². The van der Waals surface area contributed by atoms with Gasteiger partial charge in [-0.15, -0.1) is 11.3 Å². The van der Waals surface area contributed by atoms with Gasteiger partial charge in [0.1, 0.15) is 0 Å². The standard InChI is InChI=1S/C15H26N2O2S/c1-2-17-7-3-5-13(17)9-16-10-14(18)11-19-12-15-6-4-8-20-15/h4,6,8,13-14,16,18H,2-3,5,7,9-12H2,1H3/t13-,14-/m0/s1. The minimum Gasteiger partial charge on any atom is -0.389 e. The van der Waals surface area contributed by atoms with Crippen molar-refractivity contribution in [2.24, 2.45) is 0 Å². The maximum absolute atomic E-state index is 9.88. The Balaban J connectivity index is 1.52. The maximum atomic E-state index is 9.88. The molecular weight excluding hydrogens is 272 g/mol. The van der Waals surface area contributed by atoms with E-state index < -0.39 is 6.10 Å². The normalized spacial score (nSPS) is 21.4. The Morgan fingerprint density at radius 3 is 3.25 bits per heavy atom. The highest BCUT2D eigenvalue weighted by molar-refractivity contribution is 7.09. The quantitative estimate of drug-likeness (QED) is 0.728. The van der Waals surface area contributed by atoms with Gasteiger partial charge in [0, 0.05) is 24.0 Å². The molecule has 0 saturated carbocycles. The third-order valence-electron chi connectivity index (χ3n) is 3.80. The van der Waals surface area contributed by atoms with Crippen LogP contribution in [0.1, 0.15) is 24.6 Å². The molecule has 2 N–H and O–H groups in total. The van der Waals surface area contributed by atoms with Gasteiger partial charge in [-0.1, -0.05) is 13.0 Å². The van der Waals surface area contributed by atoms with Gasteiger partial charge >= 0.3 is 0 Å². The van der Waals surface area contributed by atoms with Crippen molar-refractivity contribution >= 4 is 11.3 Å². The fourth-order valence-electron chi connectivity index (χ4n) is 2.71. The van der Waals surface area contributed by atoms with Crippen LogP contribution < -0.4 is 5.32 Å². The maximum Gasteiger partial charge on any atom is 0.0897 e. The van der Waals surface area contributed by atoms with E-state index in [2.05, 4.69) is 23.2 Å². The van der Waals surface area contributed by atoms with E-state index in [4.69, 9.17) is 4.74 Å². The van der Waals surface area contributed by atoms with Crippen LogP contribution in [0.3, 0.4) is 0 Å². The van der Waals surface area contributed by atoms with Crippen LogP contribution in [0.4, 0.5) is 0 Å². The summed E-state index contributed by atoms with van der Waals surface area (Å²) in [6.45, 7) is 7.13. The number of aliphatic hydroxyl groups is 1. The van der Waals surface area contributed by atoms with Crippen molar-refractivity contribution in [3.8, 4) is 0 Å². The highest BCUT2D eigenvalue weighted by atomic mass is 32.1. The summed E-state index contributed by atoms with van der Waals surface area (Å²) in [7, 11) is 0. The van der Waals surface area contributed by atoms with E-state index in [1.165, 1.54) is 24.3 Å². The van der Waals surface area contributed by atoms with Crippen LogP contribution in [0.15, 0.2) is 17.5 Å². The lowest BCUT2D eigenvalue weighted by Gasteiger charge is -2.23. The first-order valence-electron chi connectivity index (χ1n) is 7.52. The minimum absolute atomic E-state index is 0.396. The smallest absolute Gasteiger partial charge is 0.0897 e. The lowest BCUT2D eigenvalue weighted by molar-refractivity contribution is 0.0293. The molecule has 1 aromatic rings. The summed E-state index contributed by atoms with van der Waals surface area (Å²) in [4.78, 5) is 3.71. The van der Waals surface area contributed by atoms with Gasteiger partial charge in [-0.3, -0.25) is 4.90 Å². The van der Waals surface area contributed by atoms with E-state index in [1.807, 2.05) is 11.4 Å². The molecule has 1 aliphatic rings. The van der Waals surface area contributed by atoms with Gasteiger partial charge in [0.05, 0.1) is 19.3 Å². The third-order valence-corrected chi connectivity index (χ3v) is 4.65. The van der Waals surface area contributed by atoms with E-state index in [9.17, 15) is 5.11 Å². The van der Waals surface area contributed by atoms with Gasteiger partial charge in [-0.05, 0) is 37.4 Å². The zero-order chi connectivity index (χ0) is 14.2. The largest absolute Gasteiger partial charge is 0.389 e. The van der Waals surface area contributed by atoms with E-state index in [0.29, 0.717) is 25.8 Å². The number of likely N-dealkylation sites (tertiary alicyclic amines) is 1. The fourth-order valence-corrected chi connectivity index (χ4v) is 3.35. The molecule has 1 aliphatic heterocycles. The SMILES string of the molecule is CCN1CCC[C@H]1CNC[C@H](O)COCc1cccs1. The van der Waals surface area contributed by atoms with Crippen molar-refractivity contribution in [2.45, 2.75) is 38.5 Å². The summed E-state index contributed by atoms with van der Waals surface area (Å²) in [5.41, 5.74) is 0. The van der Waals surface area contributed by atoms with Crippen LogP contribution in [0.2, 0.25) is 0 Å². The third kappa shape index (κ3) is 5.14. The number of nitrogens with one attached hydrogen (secondary N) is 1. The Hall–Kier alpha value is -0.460. The molecule has 2 heterocycles. The van der Waals surface area contributed by atoms with Gasteiger partial charge in [-0.2, -0.15) is 0 Å². The molecule has 1 aromatic heterocycles. The van der Waals surface area contributed by atoms with Gasteiger partial charge in [0.2, 0.25) is 0 Å². The highest BCUT2D eigenvalue weighted by Crippen LogP contribution is 2.15. The molecule has 4 nitrogen and oxygen atoms in total. The van der Waals surface area contributed by atoms with Crippen molar-refractivity contribution in [1.82, 2.24) is 10.2 Å². The number of nitrogens with zero attached hydrogens (tertiary/aromatic N) is 1. The Kier molecular flexibility index (Phi) is 6.96. The number of hydrogen-bond acceptors (Lipinski definition) is 5. The predicted octanol–water partition coefficient (Wildman–Crippen LogP) is 1.70. The zero-order valence-electron chi connectivity index (χ0n) is 12.3. The first kappa shape index (κ1) is 15.9. The van der Waals surface area contributed by atoms with Gasteiger partial charge in [0.15, 0.2) is 0 Å². The van der Waals surface area contributed by atoms with Gasteiger partial charge in [0.25, 0.3) is 0 Å². The summed E-state index contributed by atoms with van der Waals surface area (Å²) >= 11 is 1.68. The van der Waals surface area contributed by atoms with Crippen LogP contribution in [0.5, 0.6) is 0 Å². The number of thiophene rings is 1. The van der Waals surface area contributed by atoms with E-state index >= 15 is 0 Å². The lowest BCUT2D eigenvalue weighted by Crippen LogP contribution is -2.41. The number of rotatable bonds is 9. The molecule has 0 radical (unpaired) electrons. The molecule has 0 amide bonds. The number of ether oxygens (including phenoxy) is 1. The van der Waals surface area contributed by atoms with Crippen molar-refractivity contribution in [1.29, 1.82) is 0 Å². The molecule has 114 valence electrons. The van der Waals surface area contributed by atoms with Gasteiger partial charge < -0.3 is 15.2 Å². The first-order valence-corrected chi connectivity index (χ1v) is 8.40. The van der Waals surface area contributed by atoms with Crippen LogP contribution in [-0.4, -0.2) is 54.9 Å². The Bertz CT molecular complexity index is 359. The molecule has 1 fully saturated rings. The highest BCUT2D eigenvalue weighted by Gasteiger charge is 2.22. The number of hydrogen-bond donors (Lipinski definition) is 2. The van der Waals surface area contributed by atoms with E-state index in [-0.39, 0.29) is 0 Å². The summed E-state index contributed by atoms with van der Waals surface area (Å²) in [5, 5.41) is 15.3. The summed E-state index contributed by atoms with van der Waals surface area (Å²) < 4.78 is 5.51. The summed E-state index contributed by atoms with van der Waals surface area (Å²) in [6.07, 6.45) is 2.14. The summed E-state index contributed by atoms with van der Waals surface area (Å²) in [5.74, 6) is 0. The Labute approximate surface area is 125 Å². The van der Waals surface area contributed by atoms with E-state index in [0.717, 1.165) is 13.1 Å². The van der Waals surface area contributed by atoms with Crippen LogP contribution in [0, 0.1) is 0 Å². The molecule has 2 rings (SSSR count). The molecule has 0 aromatic carbocycles. The Morgan fingerprint density at radius 2 is 2.50 bits per heavy atom. The second-order valence-corrected chi connectivity index (χ2v) is 6.36. The van der Waals surface area contributed by atoms with E-state index in [1.54, 1.807) is 11.3 Å². The minimum atomic E-state index is -0.425. The topological polar surface area (TPSA) is 44.7 Å². The molecule has 0 aliphatic carbocycles. The average molecular weight is 298 g/mol. The zero-order valence-corrected chi connectivity index (χ0v) is 13.1. The van der Waals surface area contributed by atoms with Crippen LogP contribution in [-0.2, 0) is 11.3 Å². The Morgan fingerprint density at radius 1 is 1.60 bits per heavy atom. The van der Waals surface area contributed by atoms with Crippen molar-refractivity contribution < 1.29 is 9.84 Å². The summed E-state index contributed by atoms with van der Waals surface area (Å²) in [6, 6.07) is 4.70. The fraction of sp³-hybridized carbons (Fsp3) is 0.733. The molecule has 20 heavy (non-hydrogen) atoms. The van der Waals surface area contributed by atoms with Crippen molar-refractivity contribution in [3.63, 3.8) is 0 Å². The molecule has 1 saturated heterocycles. The molecular formula is C15H26N2O2S. The van der Waals surface area contributed by atoms with Crippen molar-refractivity contribution in [2.75, 3.05) is 32.8 Å². The molecule has 2 atom stereocenters. The monoisotopic (exact) mass is 298 g/mol. The predicted molar refractivity (Wildman–Crippen MR) is 83.1 cm³/mol. The first-order chi connectivity index (χ1) is 9.79. The molecule has 5 heteroatoms. The molecule has 0 bridgehead atoms. The average Bonchev–Trinajstić information content (AvgIpc) is 3.09. The number of likely N-dealkylation sites (N-methyl/N-ethyl adjacent to an activating group) is 1. The lowest BCUT2D eigenvalue weighted by atomic mass is 10.2. The van der Waals surface area contributed by atoms with Crippen LogP contribution in [0.25, 0.3) is 0 Å². The van der Waals surface area contributed by atoms with Crippen LogP contribution >= 0.6 is 11.3 Å². The number of aliphatic hydroxyl groups excluding tert-OH is 1. The second-order valence-electron chi connectivity index (χ2n) is 5.33. The second kappa shape index (κ2) is 8.74.